The molecule has 0 radical (unpaired) electrons. The highest BCUT2D eigenvalue weighted by Gasteiger charge is 2.41. The Morgan fingerprint density at radius 1 is 1.07 bits per heavy atom. The van der Waals surface area contributed by atoms with E-state index >= 15 is 0 Å². The lowest BCUT2D eigenvalue weighted by molar-refractivity contribution is -0.141. The number of carbonyl (C=O) groups excluding carboxylic acids is 1. The van der Waals surface area contributed by atoms with E-state index in [2.05, 4.69) is 0 Å². The number of amides is 1. The maximum absolute atomic E-state index is 13.4. The number of rotatable bonds is 6. The van der Waals surface area contributed by atoms with Crippen LogP contribution in [0.5, 0.6) is 0 Å². The molecule has 1 aliphatic heterocycles. The Kier molecular flexibility index (Phi) is 5.36. The van der Waals surface area contributed by atoms with Gasteiger partial charge >= 0.3 is 5.97 Å². The molecule has 0 spiro atoms. The third-order valence-corrected chi connectivity index (χ3v) is 5.71. The molecular formula is C23H24N2O4. The lowest BCUT2D eigenvalue weighted by atomic mass is 9.89. The van der Waals surface area contributed by atoms with Gasteiger partial charge in [-0.3, -0.25) is 9.59 Å². The molecule has 4 rings (SSSR count). The van der Waals surface area contributed by atoms with Gasteiger partial charge in [-0.1, -0.05) is 48.5 Å². The van der Waals surface area contributed by atoms with E-state index in [9.17, 15) is 14.7 Å². The Labute approximate surface area is 169 Å². The SMILES string of the molecule is COCCn1cc(C(=O)N2C[C@H](C(=O)O)[C@H](c3ccccc3)C2)c2ccccc21. The molecule has 1 aromatic heterocycles. The molecule has 1 aliphatic rings. The largest absolute Gasteiger partial charge is 0.481 e. The molecule has 2 atom stereocenters. The third-order valence-electron chi connectivity index (χ3n) is 5.71. The number of likely N-dealkylation sites (tertiary alicyclic amines) is 1. The van der Waals surface area contributed by atoms with Crippen molar-refractivity contribution in [2.45, 2.75) is 12.5 Å². The van der Waals surface area contributed by atoms with Crippen LogP contribution in [-0.2, 0) is 16.1 Å². The fourth-order valence-electron chi connectivity index (χ4n) is 4.22. The van der Waals surface area contributed by atoms with E-state index in [0.29, 0.717) is 25.3 Å². The average molecular weight is 392 g/mol. The number of fused-ring (bicyclic) bond motifs is 1. The number of aliphatic carboxylic acids is 1. The van der Waals surface area contributed by atoms with Gasteiger partial charge in [-0.2, -0.15) is 0 Å². The minimum absolute atomic E-state index is 0.123. The molecule has 2 aromatic carbocycles. The predicted molar refractivity (Wildman–Crippen MR) is 110 cm³/mol. The molecule has 0 saturated carbocycles. The Balaban J connectivity index is 1.66. The van der Waals surface area contributed by atoms with Crippen LogP contribution in [0.25, 0.3) is 10.9 Å². The molecule has 2 heterocycles. The fourth-order valence-corrected chi connectivity index (χ4v) is 4.22. The van der Waals surface area contributed by atoms with Crippen LogP contribution in [0.2, 0.25) is 0 Å². The van der Waals surface area contributed by atoms with Crippen molar-refractivity contribution in [3.05, 3.63) is 71.9 Å². The van der Waals surface area contributed by atoms with Crippen LogP contribution >= 0.6 is 0 Å². The first-order valence-electron chi connectivity index (χ1n) is 9.74. The zero-order valence-electron chi connectivity index (χ0n) is 16.3. The van der Waals surface area contributed by atoms with Gasteiger partial charge in [0.2, 0.25) is 0 Å². The molecule has 0 unspecified atom stereocenters. The van der Waals surface area contributed by atoms with Crippen LogP contribution in [0.4, 0.5) is 0 Å². The zero-order valence-corrected chi connectivity index (χ0v) is 16.3. The smallest absolute Gasteiger partial charge is 0.308 e. The van der Waals surface area contributed by atoms with Gasteiger partial charge in [0.1, 0.15) is 0 Å². The summed E-state index contributed by atoms with van der Waals surface area (Å²) in [5.74, 6) is -1.80. The Bertz CT molecular complexity index is 1030. The summed E-state index contributed by atoms with van der Waals surface area (Å²) in [6.07, 6.45) is 1.86. The number of ether oxygens (including phenoxy) is 1. The number of carboxylic acids is 1. The van der Waals surface area contributed by atoms with Gasteiger partial charge in [-0.25, -0.2) is 0 Å². The van der Waals surface area contributed by atoms with Gasteiger partial charge < -0.3 is 19.3 Å². The van der Waals surface area contributed by atoms with Gasteiger partial charge in [-0.15, -0.1) is 0 Å². The predicted octanol–water partition coefficient (Wildman–Crippen LogP) is 3.23. The molecular weight excluding hydrogens is 368 g/mol. The van der Waals surface area contributed by atoms with Crippen LogP contribution in [0.1, 0.15) is 21.8 Å². The normalized spacial score (nSPS) is 19.0. The van der Waals surface area contributed by atoms with Crippen molar-refractivity contribution in [2.24, 2.45) is 5.92 Å². The topological polar surface area (TPSA) is 71.8 Å². The first kappa shape index (κ1) is 19.2. The van der Waals surface area contributed by atoms with E-state index < -0.39 is 11.9 Å². The molecule has 1 N–H and O–H groups in total. The number of para-hydroxylation sites is 1. The highest BCUT2D eigenvalue weighted by Crippen LogP contribution is 2.34. The van der Waals surface area contributed by atoms with E-state index in [0.717, 1.165) is 16.5 Å². The van der Waals surface area contributed by atoms with E-state index in [1.807, 2.05) is 65.4 Å². The van der Waals surface area contributed by atoms with Crippen molar-refractivity contribution >= 4 is 22.8 Å². The van der Waals surface area contributed by atoms with Crippen LogP contribution < -0.4 is 0 Å². The van der Waals surface area contributed by atoms with Gasteiger partial charge in [0.25, 0.3) is 5.91 Å². The number of aromatic nitrogens is 1. The minimum Gasteiger partial charge on any atom is -0.481 e. The van der Waals surface area contributed by atoms with Crippen molar-refractivity contribution in [3.63, 3.8) is 0 Å². The lowest BCUT2D eigenvalue weighted by Crippen LogP contribution is -2.29. The number of methoxy groups -OCH3 is 1. The van der Waals surface area contributed by atoms with Crippen LogP contribution in [0.3, 0.4) is 0 Å². The minimum atomic E-state index is -0.864. The van der Waals surface area contributed by atoms with Crippen molar-refractivity contribution in [3.8, 4) is 0 Å². The van der Waals surface area contributed by atoms with Gasteiger partial charge in [0.05, 0.1) is 18.1 Å². The van der Waals surface area contributed by atoms with Crippen molar-refractivity contribution < 1.29 is 19.4 Å². The Morgan fingerprint density at radius 2 is 1.79 bits per heavy atom. The summed E-state index contributed by atoms with van der Waals surface area (Å²) in [6.45, 7) is 1.81. The molecule has 0 bridgehead atoms. The Hall–Kier alpha value is -3.12. The molecule has 6 nitrogen and oxygen atoms in total. The zero-order chi connectivity index (χ0) is 20.4. The first-order valence-corrected chi connectivity index (χ1v) is 9.74. The van der Waals surface area contributed by atoms with Crippen molar-refractivity contribution in [2.75, 3.05) is 26.8 Å². The molecule has 3 aromatic rings. The summed E-state index contributed by atoms with van der Waals surface area (Å²) in [6, 6.07) is 17.4. The van der Waals surface area contributed by atoms with Crippen molar-refractivity contribution in [1.82, 2.24) is 9.47 Å². The fraction of sp³-hybridized carbons (Fsp3) is 0.304. The second-order valence-corrected chi connectivity index (χ2v) is 7.42. The maximum atomic E-state index is 13.4. The molecule has 29 heavy (non-hydrogen) atoms. The van der Waals surface area contributed by atoms with Crippen molar-refractivity contribution in [1.29, 1.82) is 0 Å². The second-order valence-electron chi connectivity index (χ2n) is 7.42. The summed E-state index contributed by atoms with van der Waals surface area (Å²) in [4.78, 5) is 26.9. The first-order chi connectivity index (χ1) is 14.1. The second kappa shape index (κ2) is 8.09. The quantitative estimate of drug-likeness (QED) is 0.699. The highest BCUT2D eigenvalue weighted by atomic mass is 16.5. The van der Waals surface area contributed by atoms with Crippen LogP contribution in [0, 0.1) is 5.92 Å². The summed E-state index contributed by atoms with van der Waals surface area (Å²) >= 11 is 0. The monoisotopic (exact) mass is 392 g/mol. The number of hydrogen-bond donors (Lipinski definition) is 1. The number of carboxylic acid groups (broad SMARTS) is 1. The van der Waals surface area contributed by atoms with Gasteiger partial charge in [-0.05, 0) is 11.6 Å². The highest BCUT2D eigenvalue weighted by molar-refractivity contribution is 6.07. The van der Waals surface area contributed by atoms with Gasteiger partial charge in [0, 0.05) is 49.8 Å². The third kappa shape index (κ3) is 3.63. The molecule has 0 aliphatic carbocycles. The van der Waals surface area contributed by atoms with Crippen LogP contribution in [0.15, 0.2) is 60.8 Å². The van der Waals surface area contributed by atoms with E-state index in [1.165, 1.54) is 0 Å². The standard InChI is InChI=1S/C23H24N2O4/c1-29-12-11-24-14-19(17-9-5-6-10-21(17)24)22(26)25-13-18(20(15-25)23(27)28)16-7-3-2-4-8-16/h2-10,14,18,20H,11-13,15H2,1H3,(H,27,28)/t18-,20-/m0/s1. The Morgan fingerprint density at radius 3 is 2.52 bits per heavy atom. The summed E-state index contributed by atoms with van der Waals surface area (Å²) in [5.41, 5.74) is 2.54. The molecule has 150 valence electrons. The summed E-state index contributed by atoms with van der Waals surface area (Å²) in [5, 5.41) is 10.6. The molecule has 1 fully saturated rings. The lowest BCUT2D eigenvalue weighted by Gasteiger charge is -2.16. The van der Waals surface area contributed by atoms with Gasteiger partial charge in [0.15, 0.2) is 0 Å². The van der Waals surface area contributed by atoms with E-state index in [1.54, 1.807) is 12.0 Å². The molecule has 1 saturated heterocycles. The maximum Gasteiger partial charge on any atom is 0.308 e. The number of benzene rings is 2. The number of hydrogen-bond acceptors (Lipinski definition) is 3. The summed E-state index contributed by atoms with van der Waals surface area (Å²) in [7, 11) is 1.65. The van der Waals surface area contributed by atoms with Crippen LogP contribution in [-0.4, -0.2) is 53.3 Å². The molecule has 6 heteroatoms. The average Bonchev–Trinajstić information content (AvgIpc) is 3.35. The number of carbonyl (C=O) groups is 2. The van der Waals surface area contributed by atoms with E-state index in [-0.39, 0.29) is 18.4 Å². The summed E-state index contributed by atoms with van der Waals surface area (Å²) < 4.78 is 7.21. The number of nitrogens with zero attached hydrogens (tertiary/aromatic N) is 2. The van der Waals surface area contributed by atoms with E-state index in [4.69, 9.17) is 4.74 Å². The molecule has 1 amide bonds.